The molecule has 0 aliphatic rings. The van der Waals surface area contributed by atoms with Crippen molar-refractivity contribution in [2.45, 2.75) is 12.8 Å². The molecule has 1 aromatic heterocycles. The zero-order valence-corrected chi connectivity index (χ0v) is 9.16. The summed E-state index contributed by atoms with van der Waals surface area (Å²) in [5.41, 5.74) is -0.139. The minimum Gasteiger partial charge on any atom is -0.477 e. The smallest absolute Gasteiger partial charge is 0.354 e. The van der Waals surface area contributed by atoms with E-state index in [1.807, 2.05) is 0 Å². The summed E-state index contributed by atoms with van der Waals surface area (Å²) in [7, 11) is 0. The highest BCUT2D eigenvalue weighted by atomic mass is 35.5. The lowest BCUT2D eigenvalue weighted by molar-refractivity contribution is 0.0690. The van der Waals surface area contributed by atoms with Crippen LogP contribution in [-0.2, 0) is 0 Å². The maximum absolute atomic E-state index is 10.7. The number of carbonyl (C=O) groups is 1. The molecule has 0 aliphatic carbocycles. The topological polar surface area (TPSA) is 75.1 Å². The molecule has 0 saturated carbocycles. The van der Waals surface area contributed by atoms with Crippen LogP contribution in [0.25, 0.3) is 0 Å². The second-order valence-corrected chi connectivity index (χ2v) is 3.29. The summed E-state index contributed by atoms with van der Waals surface area (Å²) in [6.07, 6.45) is 6.52. The van der Waals surface area contributed by atoms with Gasteiger partial charge >= 0.3 is 5.97 Å². The van der Waals surface area contributed by atoms with E-state index in [9.17, 15) is 4.79 Å². The van der Waals surface area contributed by atoms with Gasteiger partial charge in [0.05, 0.1) is 0 Å². The first-order valence-electron chi connectivity index (χ1n) is 4.58. The van der Waals surface area contributed by atoms with Crippen molar-refractivity contribution in [1.29, 1.82) is 0 Å². The Morgan fingerprint density at radius 3 is 3.00 bits per heavy atom. The van der Waals surface area contributed by atoms with Gasteiger partial charge in [-0.25, -0.2) is 14.8 Å². The van der Waals surface area contributed by atoms with Crippen LogP contribution in [0.15, 0.2) is 6.07 Å². The Balaban J connectivity index is 2.66. The molecule has 1 rings (SSSR count). The Labute approximate surface area is 97.9 Å². The van der Waals surface area contributed by atoms with Crippen LogP contribution in [0, 0.1) is 12.3 Å². The molecular weight excluding hydrogens is 230 g/mol. The van der Waals surface area contributed by atoms with Crippen molar-refractivity contribution in [3.63, 3.8) is 0 Å². The second-order valence-electron chi connectivity index (χ2n) is 2.95. The fourth-order valence-electron chi connectivity index (χ4n) is 1.02. The normalized spacial score (nSPS) is 9.50. The third-order valence-electron chi connectivity index (χ3n) is 1.72. The van der Waals surface area contributed by atoms with Crippen LogP contribution >= 0.6 is 11.6 Å². The highest BCUT2D eigenvalue weighted by Crippen LogP contribution is 2.10. The SMILES string of the molecule is C#CCCCNc1cc(C(=O)O)nc(Cl)n1. The molecule has 0 aromatic carbocycles. The zero-order valence-electron chi connectivity index (χ0n) is 8.40. The number of nitrogens with one attached hydrogen (secondary N) is 1. The molecule has 0 radical (unpaired) electrons. The zero-order chi connectivity index (χ0) is 12.0. The van der Waals surface area contributed by atoms with Gasteiger partial charge in [-0.2, -0.15) is 0 Å². The molecule has 0 amide bonds. The number of carboxylic acids is 1. The van der Waals surface area contributed by atoms with Crippen LogP contribution in [0.4, 0.5) is 5.82 Å². The minimum atomic E-state index is -1.14. The fraction of sp³-hybridized carbons (Fsp3) is 0.300. The first kappa shape index (κ1) is 12.3. The summed E-state index contributed by atoms with van der Waals surface area (Å²) in [6.45, 7) is 0.608. The summed E-state index contributed by atoms with van der Waals surface area (Å²) in [4.78, 5) is 18.1. The van der Waals surface area contributed by atoms with Crippen molar-refractivity contribution in [1.82, 2.24) is 9.97 Å². The highest BCUT2D eigenvalue weighted by Gasteiger charge is 2.08. The lowest BCUT2D eigenvalue weighted by atomic mass is 10.3. The molecule has 0 aliphatic heterocycles. The van der Waals surface area contributed by atoms with Gasteiger partial charge in [-0.15, -0.1) is 12.3 Å². The molecule has 1 aromatic rings. The number of rotatable bonds is 5. The number of aromatic carboxylic acids is 1. The molecule has 0 bridgehead atoms. The molecule has 0 atom stereocenters. The van der Waals surface area contributed by atoms with Crippen molar-refractivity contribution in [3.8, 4) is 12.3 Å². The van der Waals surface area contributed by atoms with Gasteiger partial charge in [-0.1, -0.05) is 0 Å². The number of carboxylic acid groups (broad SMARTS) is 1. The van der Waals surface area contributed by atoms with Crippen LogP contribution in [0.2, 0.25) is 5.28 Å². The van der Waals surface area contributed by atoms with E-state index in [1.165, 1.54) is 6.07 Å². The molecular formula is C10H10ClN3O2. The molecule has 0 spiro atoms. The third kappa shape index (κ3) is 3.75. The second kappa shape index (κ2) is 5.93. The number of nitrogens with zero attached hydrogens (tertiary/aromatic N) is 2. The van der Waals surface area contributed by atoms with Gasteiger partial charge in [-0.05, 0) is 18.0 Å². The van der Waals surface area contributed by atoms with Crippen molar-refractivity contribution in [2.75, 3.05) is 11.9 Å². The van der Waals surface area contributed by atoms with Crippen molar-refractivity contribution < 1.29 is 9.90 Å². The van der Waals surface area contributed by atoms with Gasteiger partial charge in [0.15, 0.2) is 5.69 Å². The molecule has 0 fully saturated rings. The molecule has 6 heteroatoms. The van der Waals surface area contributed by atoms with Crippen LogP contribution < -0.4 is 5.32 Å². The van der Waals surface area contributed by atoms with E-state index in [4.69, 9.17) is 23.1 Å². The third-order valence-corrected chi connectivity index (χ3v) is 1.89. The monoisotopic (exact) mass is 239 g/mol. The van der Waals surface area contributed by atoms with Crippen molar-refractivity contribution in [3.05, 3.63) is 17.0 Å². The largest absolute Gasteiger partial charge is 0.477 e. The molecule has 0 unspecified atom stereocenters. The van der Waals surface area contributed by atoms with E-state index in [1.54, 1.807) is 0 Å². The Morgan fingerprint density at radius 1 is 1.62 bits per heavy atom. The Morgan fingerprint density at radius 2 is 2.38 bits per heavy atom. The van der Waals surface area contributed by atoms with E-state index >= 15 is 0 Å². The van der Waals surface area contributed by atoms with Gasteiger partial charge in [0, 0.05) is 19.0 Å². The van der Waals surface area contributed by atoms with Gasteiger partial charge in [0.1, 0.15) is 5.82 Å². The predicted octanol–water partition coefficient (Wildman–Crippen LogP) is 1.65. The van der Waals surface area contributed by atoms with Gasteiger partial charge in [-0.3, -0.25) is 0 Å². The van der Waals surface area contributed by atoms with E-state index in [0.29, 0.717) is 18.8 Å². The van der Waals surface area contributed by atoms with Gasteiger partial charge in [0.25, 0.3) is 0 Å². The Bertz CT molecular complexity index is 429. The molecule has 16 heavy (non-hydrogen) atoms. The number of unbranched alkanes of at least 4 members (excludes halogenated alkanes) is 1. The van der Waals surface area contributed by atoms with Gasteiger partial charge < -0.3 is 10.4 Å². The van der Waals surface area contributed by atoms with Crippen LogP contribution in [-0.4, -0.2) is 27.6 Å². The summed E-state index contributed by atoms with van der Waals surface area (Å²) in [5, 5.41) is 11.6. The molecule has 84 valence electrons. The van der Waals surface area contributed by atoms with E-state index < -0.39 is 5.97 Å². The summed E-state index contributed by atoms with van der Waals surface area (Å²) in [6, 6.07) is 1.32. The Hall–Kier alpha value is -1.80. The number of hydrogen-bond acceptors (Lipinski definition) is 4. The molecule has 1 heterocycles. The first-order valence-corrected chi connectivity index (χ1v) is 4.96. The standard InChI is InChI=1S/C10H10ClN3O2/c1-2-3-4-5-12-8-6-7(9(15)16)13-10(11)14-8/h1,6H,3-5H2,(H,15,16)(H,12,13,14). The predicted molar refractivity (Wildman–Crippen MR) is 60.6 cm³/mol. The number of halogens is 1. The first-order chi connectivity index (χ1) is 7.63. The van der Waals surface area contributed by atoms with Gasteiger partial charge in [0.2, 0.25) is 5.28 Å². The van der Waals surface area contributed by atoms with Crippen molar-refractivity contribution >= 4 is 23.4 Å². The van der Waals surface area contributed by atoms with Crippen LogP contribution in [0.5, 0.6) is 0 Å². The molecule has 5 nitrogen and oxygen atoms in total. The maximum Gasteiger partial charge on any atom is 0.354 e. The Kier molecular flexibility index (Phi) is 4.55. The number of aromatic nitrogens is 2. The van der Waals surface area contributed by atoms with Crippen LogP contribution in [0.1, 0.15) is 23.3 Å². The number of anilines is 1. The van der Waals surface area contributed by atoms with E-state index in [2.05, 4.69) is 21.2 Å². The quantitative estimate of drug-likeness (QED) is 0.464. The highest BCUT2D eigenvalue weighted by molar-refractivity contribution is 6.28. The lowest BCUT2D eigenvalue weighted by Gasteiger charge is -2.04. The number of terminal acetylenes is 1. The molecule has 0 saturated heterocycles. The fourth-order valence-corrected chi connectivity index (χ4v) is 1.21. The molecule has 2 N–H and O–H groups in total. The number of hydrogen-bond donors (Lipinski definition) is 2. The summed E-state index contributed by atoms with van der Waals surface area (Å²) >= 11 is 5.58. The minimum absolute atomic E-state index is 0.0978. The summed E-state index contributed by atoms with van der Waals surface area (Å²) < 4.78 is 0. The lowest BCUT2D eigenvalue weighted by Crippen LogP contribution is -2.07. The van der Waals surface area contributed by atoms with Crippen molar-refractivity contribution in [2.24, 2.45) is 0 Å². The van der Waals surface area contributed by atoms with E-state index in [0.717, 1.165) is 6.42 Å². The van der Waals surface area contributed by atoms with Crippen LogP contribution in [0.3, 0.4) is 0 Å². The average Bonchev–Trinajstić information content (AvgIpc) is 2.23. The maximum atomic E-state index is 10.7. The average molecular weight is 240 g/mol. The van der Waals surface area contributed by atoms with E-state index in [-0.39, 0.29) is 11.0 Å². The summed E-state index contributed by atoms with van der Waals surface area (Å²) in [5.74, 6) is 1.74.